The third-order valence-corrected chi connectivity index (χ3v) is 5.47. The number of pyridine rings is 1. The van der Waals surface area contributed by atoms with Gasteiger partial charge in [-0.25, -0.2) is 9.97 Å². The van der Waals surface area contributed by atoms with E-state index in [0.717, 1.165) is 5.69 Å². The van der Waals surface area contributed by atoms with E-state index in [0.29, 0.717) is 27.2 Å². The van der Waals surface area contributed by atoms with Crippen LogP contribution in [-0.4, -0.2) is 21.6 Å². The van der Waals surface area contributed by atoms with Gasteiger partial charge in [0.25, 0.3) is 0 Å². The van der Waals surface area contributed by atoms with Crippen molar-refractivity contribution in [3.8, 4) is 23.5 Å². The molecule has 0 aromatic carbocycles. The number of carbonyl (C=O) groups excluding carboxylic acids is 1. The van der Waals surface area contributed by atoms with Gasteiger partial charge in [-0.05, 0) is 19.1 Å². The number of thioether (sulfide) groups is 1. The fourth-order valence-corrected chi connectivity index (χ4v) is 4.04. The van der Waals surface area contributed by atoms with Gasteiger partial charge in [-0.2, -0.15) is 10.5 Å². The molecule has 0 bridgehead atoms. The second-order valence-corrected chi connectivity index (χ2v) is 7.51. The van der Waals surface area contributed by atoms with E-state index in [1.54, 1.807) is 12.1 Å². The van der Waals surface area contributed by atoms with Crippen molar-refractivity contribution in [3.05, 3.63) is 40.6 Å². The molecular weight excluding hydrogens is 396 g/mol. The van der Waals surface area contributed by atoms with Gasteiger partial charge in [0.05, 0.1) is 23.1 Å². The zero-order chi connectivity index (χ0) is 20.1. The minimum Gasteiger partial charge on any atom is -0.464 e. The molecule has 0 aliphatic carbocycles. The van der Waals surface area contributed by atoms with Crippen LogP contribution in [0.1, 0.15) is 23.2 Å². The minimum absolute atomic E-state index is 0.0121. The number of nitrogens with one attached hydrogen (secondary N) is 1. The number of aryl methyl sites for hydroxylation is 1. The van der Waals surface area contributed by atoms with Crippen molar-refractivity contribution >= 4 is 40.0 Å². The fourth-order valence-electron chi connectivity index (χ4n) is 2.40. The van der Waals surface area contributed by atoms with Crippen LogP contribution in [0.25, 0.3) is 11.3 Å². The summed E-state index contributed by atoms with van der Waals surface area (Å²) in [5.74, 6) is 0.563. The number of aromatic nitrogens is 2. The maximum absolute atomic E-state index is 12.1. The molecule has 1 amide bonds. The van der Waals surface area contributed by atoms with Crippen LogP contribution in [0.5, 0.6) is 0 Å². The molecule has 3 aromatic rings. The number of thiazole rings is 1. The van der Waals surface area contributed by atoms with Crippen LogP contribution in [0.4, 0.5) is 10.9 Å². The average Bonchev–Trinajstić information content (AvgIpc) is 3.33. The Morgan fingerprint density at radius 3 is 2.75 bits per heavy atom. The summed E-state index contributed by atoms with van der Waals surface area (Å²) < 4.78 is 5.36. The topological polar surface area (TPSA) is 142 Å². The van der Waals surface area contributed by atoms with Crippen molar-refractivity contribution in [1.29, 1.82) is 10.5 Å². The van der Waals surface area contributed by atoms with Gasteiger partial charge in [0.1, 0.15) is 34.3 Å². The smallest absolute Gasteiger partial charge is 0.226 e. The van der Waals surface area contributed by atoms with Crippen molar-refractivity contribution in [2.45, 2.75) is 18.4 Å². The summed E-state index contributed by atoms with van der Waals surface area (Å²) in [6.45, 7) is 1.85. The van der Waals surface area contributed by atoms with E-state index in [4.69, 9.17) is 10.2 Å². The predicted molar refractivity (Wildman–Crippen MR) is 107 cm³/mol. The van der Waals surface area contributed by atoms with Crippen molar-refractivity contribution < 1.29 is 9.21 Å². The molecule has 0 saturated heterocycles. The van der Waals surface area contributed by atoms with Crippen molar-refractivity contribution in [2.75, 3.05) is 16.8 Å². The molecular formula is C18H14N6O2S2. The third-order valence-electron chi connectivity index (χ3n) is 3.62. The zero-order valence-electron chi connectivity index (χ0n) is 14.7. The highest BCUT2D eigenvalue weighted by Gasteiger charge is 2.22. The van der Waals surface area contributed by atoms with Gasteiger partial charge in [-0.3, -0.25) is 4.79 Å². The van der Waals surface area contributed by atoms with Gasteiger partial charge in [-0.15, -0.1) is 23.1 Å². The van der Waals surface area contributed by atoms with Crippen molar-refractivity contribution in [2.24, 2.45) is 0 Å². The number of anilines is 2. The number of nitrogen functional groups attached to an aromatic ring is 1. The van der Waals surface area contributed by atoms with E-state index in [1.165, 1.54) is 29.4 Å². The molecule has 3 heterocycles. The number of nitriles is 2. The second-order valence-electron chi connectivity index (χ2n) is 5.57. The van der Waals surface area contributed by atoms with Crippen LogP contribution in [0, 0.1) is 29.6 Å². The quantitative estimate of drug-likeness (QED) is 0.587. The molecule has 3 rings (SSSR count). The highest BCUT2D eigenvalue weighted by atomic mass is 32.2. The lowest BCUT2D eigenvalue weighted by Crippen LogP contribution is -2.12. The molecule has 0 fully saturated rings. The molecule has 10 heteroatoms. The number of hydrogen-bond acceptors (Lipinski definition) is 9. The molecule has 140 valence electrons. The zero-order valence-corrected chi connectivity index (χ0v) is 16.4. The van der Waals surface area contributed by atoms with E-state index in [9.17, 15) is 15.3 Å². The molecule has 0 aliphatic rings. The second kappa shape index (κ2) is 8.57. The van der Waals surface area contributed by atoms with Crippen LogP contribution in [0.15, 0.2) is 33.2 Å². The Morgan fingerprint density at radius 1 is 1.36 bits per heavy atom. The van der Waals surface area contributed by atoms with E-state index < -0.39 is 0 Å². The molecule has 0 atom stereocenters. The van der Waals surface area contributed by atoms with E-state index in [2.05, 4.69) is 21.4 Å². The Kier molecular flexibility index (Phi) is 5.94. The minimum atomic E-state index is -0.187. The van der Waals surface area contributed by atoms with Gasteiger partial charge in [-0.1, -0.05) is 0 Å². The first kappa shape index (κ1) is 19.4. The van der Waals surface area contributed by atoms with Gasteiger partial charge in [0, 0.05) is 17.6 Å². The number of furan rings is 1. The summed E-state index contributed by atoms with van der Waals surface area (Å²) in [6.07, 6.45) is 1.65. The lowest BCUT2D eigenvalue weighted by molar-refractivity contribution is -0.115. The van der Waals surface area contributed by atoms with Gasteiger partial charge >= 0.3 is 0 Å². The molecule has 0 radical (unpaired) electrons. The van der Waals surface area contributed by atoms with Crippen LogP contribution < -0.4 is 11.1 Å². The summed E-state index contributed by atoms with van der Waals surface area (Å²) >= 11 is 2.58. The lowest BCUT2D eigenvalue weighted by atomic mass is 10.0. The first-order chi connectivity index (χ1) is 13.5. The van der Waals surface area contributed by atoms with Crippen molar-refractivity contribution in [3.63, 3.8) is 0 Å². The maximum atomic E-state index is 12.1. The molecule has 0 aliphatic heterocycles. The Bertz CT molecular complexity index is 1090. The van der Waals surface area contributed by atoms with Crippen molar-refractivity contribution in [1.82, 2.24) is 9.97 Å². The molecule has 0 unspecified atom stereocenters. The molecule has 3 aromatic heterocycles. The van der Waals surface area contributed by atoms with Crippen LogP contribution in [0.2, 0.25) is 0 Å². The monoisotopic (exact) mass is 410 g/mol. The molecule has 28 heavy (non-hydrogen) atoms. The number of carbonyl (C=O) groups is 1. The number of rotatable bonds is 6. The van der Waals surface area contributed by atoms with Crippen LogP contribution in [-0.2, 0) is 4.79 Å². The number of amides is 1. The van der Waals surface area contributed by atoms with Crippen LogP contribution in [0.3, 0.4) is 0 Å². The maximum Gasteiger partial charge on any atom is 0.226 e. The summed E-state index contributed by atoms with van der Waals surface area (Å²) in [5, 5.41) is 24.5. The normalized spacial score (nSPS) is 10.2. The van der Waals surface area contributed by atoms with E-state index in [-0.39, 0.29) is 29.3 Å². The van der Waals surface area contributed by atoms with E-state index >= 15 is 0 Å². The summed E-state index contributed by atoms with van der Waals surface area (Å²) in [7, 11) is 0. The highest BCUT2D eigenvalue weighted by Crippen LogP contribution is 2.35. The number of nitrogens with zero attached hydrogens (tertiary/aromatic N) is 4. The van der Waals surface area contributed by atoms with Gasteiger partial charge in [0.15, 0.2) is 5.13 Å². The summed E-state index contributed by atoms with van der Waals surface area (Å²) in [5.41, 5.74) is 7.36. The van der Waals surface area contributed by atoms with Gasteiger partial charge in [0.2, 0.25) is 5.91 Å². The SMILES string of the molecule is Cc1csc(NC(=O)CCSc2nc(N)c(C#N)c(-c3ccco3)c2C#N)n1. The molecule has 0 saturated carbocycles. The summed E-state index contributed by atoms with van der Waals surface area (Å²) in [4.78, 5) is 20.4. The first-order valence-electron chi connectivity index (χ1n) is 8.05. The Morgan fingerprint density at radius 2 is 2.14 bits per heavy atom. The fraction of sp³-hybridized carbons (Fsp3) is 0.167. The average molecular weight is 410 g/mol. The van der Waals surface area contributed by atoms with Crippen LogP contribution >= 0.6 is 23.1 Å². The number of nitrogens with two attached hydrogens (primary N) is 1. The lowest BCUT2D eigenvalue weighted by Gasteiger charge is -2.11. The molecule has 3 N–H and O–H groups in total. The Hall–Kier alpha value is -3.34. The Balaban J connectivity index is 1.78. The standard InChI is InChI=1S/C18H14N6O2S2/c1-10-9-28-18(22-10)23-14(25)4-6-27-17-12(8-20)15(13-3-2-5-26-13)11(7-19)16(21)24-17/h2-3,5,9H,4,6H2,1H3,(H2,21,24)(H,22,23,25). The van der Waals surface area contributed by atoms with E-state index in [1.807, 2.05) is 18.4 Å². The number of hydrogen-bond donors (Lipinski definition) is 2. The summed E-state index contributed by atoms with van der Waals surface area (Å²) in [6, 6.07) is 7.36. The molecule has 8 nitrogen and oxygen atoms in total. The van der Waals surface area contributed by atoms with Gasteiger partial charge < -0.3 is 15.5 Å². The molecule has 0 spiro atoms. The first-order valence-corrected chi connectivity index (χ1v) is 9.92. The Labute approximate surface area is 169 Å². The third kappa shape index (κ3) is 4.14. The largest absolute Gasteiger partial charge is 0.464 e. The predicted octanol–water partition coefficient (Wildman–Crippen LogP) is 3.55. The highest BCUT2D eigenvalue weighted by molar-refractivity contribution is 7.99.